The highest BCUT2D eigenvalue weighted by Crippen LogP contribution is 2.23. The smallest absolute Gasteiger partial charge is 0.0672 e. The van der Waals surface area contributed by atoms with E-state index in [-0.39, 0.29) is 5.92 Å². The van der Waals surface area contributed by atoms with Crippen molar-refractivity contribution in [3.8, 4) is 6.07 Å². The fraction of sp³-hybridized carbons (Fsp3) is 0.562. The molecule has 1 saturated carbocycles. The van der Waals surface area contributed by atoms with Gasteiger partial charge in [0.2, 0.25) is 0 Å². The number of nitrogens with one attached hydrogen (secondary N) is 1. The quantitative estimate of drug-likeness (QED) is 0.823. The van der Waals surface area contributed by atoms with Crippen LogP contribution in [0.4, 0.5) is 0 Å². The number of hydrogen-bond acceptors (Lipinski definition) is 2. The summed E-state index contributed by atoms with van der Waals surface area (Å²) >= 11 is 0. The van der Waals surface area contributed by atoms with Gasteiger partial charge in [0.1, 0.15) is 0 Å². The van der Waals surface area contributed by atoms with Gasteiger partial charge in [0, 0.05) is 12.6 Å². The number of aryl methyl sites for hydroxylation is 1. The molecule has 0 bridgehead atoms. The fourth-order valence-corrected chi connectivity index (χ4v) is 2.76. The Balaban J connectivity index is 1.96. The Kier molecular flexibility index (Phi) is 4.78. The van der Waals surface area contributed by atoms with Crippen LogP contribution >= 0.6 is 0 Å². The van der Waals surface area contributed by atoms with Crippen molar-refractivity contribution in [2.75, 3.05) is 0 Å². The molecule has 0 amide bonds. The highest BCUT2D eigenvalue weighted by molar-refractivity contribution is 5.25. The summed E-state index contributed by atoms with van der Waals surface area (Å²) in [6.45, 7) is 3.03. The van der Waals surface area contributed by atoms with Gasteiger partial charge in [-0.05, 0) is 30.9 Å². The molecule has 0 spiro atoms. The van der Waals surface area contributed by atoms with Crippen molar-refractivity contribution in [3.05, 3.63) is 35.4 Å². The molecule has 1 aromatic carbocycles. The Labute approximate surface area is 110 Å². The number of rotatable bonds is 3. The minimum atomic E-state index is 0.191. The van der Waals surface area contributed by atoms with Gasteiger partial charge in [-0.25, -0.2) is 0 Å². The highest BCUT2D eigenvalue weighted by atomic mass is 14.9. The molecule has 1 fully saturated rings. The topological polar surface area (TPSA) is 35.8 Å². The second-order valence-corrected chi connectivity index (χ2v) is 5.29. The first-order valence-corrected chi connectivity index (χ1v) is 6.99. The molecule has 96 valence electrons. The van der Waals surface area contributed by atoms with Gasteiger partial charge in [0.05, 0.1) is 12.0 Å². The third-order valence-electron chi connectivity index (χ3n) is 4.00. The molecule has 18 heavy (non-hydrogen) atoms. The van der Waals surface area contributed by atoms with Gasteiger partial charge >= 0.3 is 0 Å². The maximum atomic E-state index is 9.25. The Hall–Kier alpha value is -1.33. The molecule has 2 nitrogen and oxygen atoms in total. The van der Waals surface area contributed by atoms with E-state index in [1.807, 2.05) is 0 Å². The van der Waals surface area contributed by atoms with E-state index < -0.39 is 0 Å². The van der Waals surface area contributed by atoms with E-state index in [1.165, 1.54) is 30.4 Å². The predicted octanol–water partition coefficient (Wildman–Crippen LogP) is 3.56. The fourth-order valence-electron chi connectivity index (χ4n) is 2.76. The summed E-state index contributed by atoms with van der Waals surface area (Å²) in [6, 6.07) is 11.3. The van der Waals surface area contributed by atoms with Gasteiger partial charge in [-0.3, -0.25) is 0 Å². The van der Waals surface area contributed by atoms with Crippen molar-refractivity contribution in [1.29, 1.82) is 5.26 Å². The molecule has 2 atom stereocenters. The Morgan fingerprint density at radius 3 is 2.78 bits per heavy atom. The van der Waals surface area contributed by atoms with Crippen LogP contribution < -0.4 is 5.32 Å². The van der Waals surface area contributed by atoms with Crippen molar-refractivity contribution in [1.82, 2.24) is 5.32 Å². The Morgan fingerprint density at radius 1 is 1.22 bits per heavy atom. The van der Waals surface area contributed by atoms with Gasteiger partial charge in [-0.2, -0.15) is 5.26 Å². The second kappa shape index (κ2) is 6.56. The Morgan fingerprint density at radius 2 is 2.00 bits per heavy atom. The molecule has 0 aliphatic heterocycles. The summed E-state index contributed by atoms with van der Waals surface area (Å²) in [7, 11) is 0. The van der Waals surface area contributed by atoms with Gasteiger partial charge < -0.3 is 5.32 Å². The van der Waals surface area contributed by atoms with Gasteiger partial charge in [-0.1, -0.05) is 43.5 Å². The lowest BCUT2D eigenvalue weighted by Gasteiger charge is -2.21. The molecule has 2 unspecified atom stereocenters. The normalized spacial score (nSPS) is 24.2. The summed E-state index contributed by atoms with van der Waals surface area (Å²) in [4.78, 5) is 0. The first kappa shape index (κ1) is 13.1. The third-order valence-corrected chi connectivity index (χ3v) is 4.00. The van der Waals surface area contributed by atoms with Gasteiger partial charge in [0.25, 0.3) is 0 Å². The minimum absolute atomic E-state index is 0.191. The van der Waals surface area contributed by atoms with Crippen molar-refractivity contribution in [2.24, 2.45) is 5.92 Å². The summed E-state index contributed by atoms with van der Waals surface area (Å²) < 4.78 is 0. The average Bonchev–Trinajstić information content (AvgIpc) is 2.62. The molecule has 2 rings (SSSR count). The van der Waals surface area contributed by atoms with Crippen LogP contribution in [0.2, 0.25) is 0 Å². The summed E-state index contributed by atoms with van der Waals surface area (Å²) in [5.74, 6) is 0.191. The van der Waals surface area contributed by atoms with Crippen LogP contribution in [0, 0.1) is 24.2 Å². The Bertz CT molecular complexity index is 419. The first-order chi connectivity index (χ1) is 8.81. The van der Waals surface area contributed by atoms with E-state index in [9.17, 15) is 5.26 Å². The highest BCUT2D eigenvalue weighted by Gasteiger charge is 2.22. The summed E-state index contributed by atoms with van der Waals surface area (Å²) in [5, 5.41) is 12.8. The van der Waals surface area contributed by atoms with E-state index in [2.05, 4.69) is 42.6 Å². The zero-order chi connectivity index (χ0) is 12.8. The number of nitrogens with zero attached hydrogens (tertiary/aromatic N) is 1. The minimum Gasteiger partial charge on any atom is -0.309 e. The molecule has 1 aromatic rings. The average molecular weight is 242 g/mol. The molecule has 0 radical (unpaired) electrons. The van der Waals surface area contributed by atoms with Crippen molar-refractivity contribution in [2.45, 2.75) is 51.6 Å². The monoisotopic (exact) mass is 242 g/mol. The molecule has 0 aromatic heterocycles. The van der Waals surface area contributed by atoms with Crippen LogP contribution in [0.15, 0.2) is 24.3 Å². The number of nitriles is 1. The van der Waals surface area contributed by atoms with E-state index in [0.717, 1.165) is 19.4 Å². The number of benzene rings is 1. The second-order valence-electron chi connectivity index (χ2n) is 5.29. The third kappa shape index (κ3) is 3.34. The van der Waals surface area contributed by atoms with E-state index in [4.69, 9.17) is 0 Å². The van der Waals surface area contributed by atoms with Crippen molar-refractivity contribution in [3.63, 3.8) is 0 Å². The standard InChI is InChI=1S/C16H22N2/c1-13-7-5-6-9-15(13)12-18-16-10-4-2-3-8-14(16)11-17/h5-7,9,14,16,18H,2-4,8,10,12H2,1H3. The largest absolute Gasteiger partial charge is 0.309 e. The van der Waals surface area contributed by atoms with Crippen LogP contribution in [0.5, 0.6) is 0 Å². The number of hydrogen-bond donors (Lipinski definition) is 1. The molecule has 2 heteroatoms. The molecule has 0 heterocycles. The van der Waals surface area contributed by atoms with Crippen LogP contribution in [-0.4, -0.2) is 6.04 Å². The van der Waals surface area contributed by atoms with Gasteiger partial charge in [0.15, 0.2) is 0 Å². The lowest BCUT2D eigenvalue weighted by molar-refractivity contribution is 0.393. The maximum Gasteiger partial charge on any atom is 0.0672 e. The molecular weight excluding hydrogens is 220 g/mol. The molecular formula is C16H22N2. The van der Waals surface area contributed by atoms with E-state index in [0.29, 0.717) is 6.04 Å². The molecule has 1 aliphatic rings. The lowest BCUT2D eigenvalue weighted by Crippen LogP contribution is -2.34. The summed E-state index contributed by atoms with van der Waals surface area (Å²) in [6.07, 6.45) is 5.94. The summed E-state index contributed by atoms with van der Waals surface area (Å²) in [5.41, 5.74) is 2.67. The molecule has 0 saturated heterocycles. The van der Waals surface area contributed by atoms with Crippen LogP contribution in [0.3, 0.4) is 0 Å². The van der Waals surface area contributed by atoms with E-state index >= 15 is 0 Å². The zero-order valence-electron chi connectivity index (χ0n) is 11.2. The maximum absolute atomic E-state index is 9.25. The van der Waals surface area contributed by atoms with Crippen LogP contribution in [-0.2, 0) is 6.54 Å². The van der Waals surface area contributed by atoms with Gasteiger partial charge in [-0.15, -0.1) is 0 Å². The first-order valence-electron chi connectivity index (χ1n) is 6.99. The molecule has 1 N–H and O–H groups in total. The molecule has 1 aliphatic carbocycles. The predicted molar refractivity (Wildman–Crippen MR) is 74.0 cm³/mol. The van der Waals surface area contributed by atoms with Crippen LogP contribution in [0.1, 0.15) is 43.2 Å². The van der Waals surface area contributed by atoms with Crippen molar-refractivity contribution >= 4 is 0 Å². The SMILES string of the molecule is Cc1ccccc1CNC1CCCCCC1C#N. The van der Waals surface area contributed by atoms with Crippen LogP contribution in [0.25, 0.3) is 0 Å². The van der Waals surface area contributed by atoms with Crippen molar-refractivity contribution < 1.29 is 0 Å². The van der Waals surface area contributed by atoms with E-state index in [1.54, 1.807) is 0 Å². The lowest BCUT2D eigenvalue weighted by atomic mass is 9.96. The zero-order valence-corrected chi connectivity index (χ0v) is 11.2.